The van der Waals surface area contributed by atoms with Crippen LogP contribution in [0.25, 0.3) is 0 Å². The van der Waals surface area contributed by atoms with Crippen LogP contribution in [0.1, 0.15) is 6.42 Å². The van der Waals surface area contributed by atoms with Gasteiger partial charge in [0.1, 0.15) is 6.04 Å². The third kappa shape index (κ3) is 3.32. The van der Waals surface area contributed by atoms with Crippen molar-refractivity contribution >= 4 is 22.1 Å². The summed E-state index contributed by atoms with van der Waals surface area (Å²) in [5.74, 6) is -0.889. The average Bonchev–Trinajstić information content (AvgIpc) is 2.26. The van der Waals surface area contributed by atoms with Crippen molar-refractivity contribution in [3.05, 3.63) is 24.3 Å². The first-order valence-electron chi connectivity index (χ1n) is 7.26. The van der Waals surface area contributed by atoms with Crippen molar-refractivity contribution in [2.75, 3.05) is 0 Å². The number of hydrogen-bond acceptors (Lipinski definition) is 2. The van der Waals surface area contributed by atoms with Gasteiger partial charge in [-0.15, -0.1) is 0 Å². The van der Waals surface area contributed by atoms with Crippen molar-refractivity contribution in [1.29, 1.82) is 0 Å². The van der Waals surface area contributed by atoms with Gasteiger partial charge in [-0.2, -0.15) is 0 Å². The molecule has 0 aromatic carbocycles. The second kappa shape index (κ2) is 5.62. The van der Waals surface area contributed by atoms with Crippen molar-refractivity contribution in [3.8, 4) is 0 Å². The van der Waals surface area contributed by atoms with Crippen LogP contribution in [-0.4, -0.2) is 33.3 Å². The molecule has 1 aliphatic carbocycles. The SMILES string of the molecule is C[Si](C)(C)C1C=CC=CC1(C[C@H](N)C(=O)O)[Si](C)(C)C. The molecule has 0 bridgehead atoms. The fourth-order valence-electron chi connectivity index (χ4n) is 3.41. The largest absolute Gasteiger partial charge is 0.480 e. The van der Waals surface area contributed by atoms with Gasteiger partial charge in [-0.1, -0.05) is 63.6 Å². The van der Waals surface area contributed by atoms with E-state index < -0.39 is 28.2 Å². The number of carbonyl (C=O) groups is 1. The molecule has 0 aromatic rings. The second-order valence-corrected chi connectivity index (χ2v) is 18.8. The summed E-state index contributed by atoms with van der Waals surface area (Å²) in [7, 11) is -3.09. The predicted octanol–water partition coefficient (Wildman–Crippen LogP) is 3.70. The number of allylic oxidation sites excluding steroid dienone is 4. The number of rotatable bonds is 5. The van der Waals surface area contributed by atoms with Crippen molar-refractivity contribution in [3.63, 3.8) is 0 Å². The maximum absolute atomic E-state index is 11.3. The molecule has 0 radical (unpaired) electrons. The molecule has 1 rings (SSSR count). The highest BCUT2D eigenvalue weighted by Gasteiger charge is 2.52. The van der Waals surface area contributed by atoms with Gasteiger partial charge in [-0.3, -0.25) is 4.79 Å². The normalized spacial score (nSPS) is 28.4. The maximum atomic E-state index is 11.3. The van der Waals surface area contributed by atoms with Crippen LogP contribution in [0, 0.1) is 0 Å². The van der Waals surface area contributed by atoms with E-state index in [-0.39, 0.29) is 5.04 Å². The van der Waals surface area contributed by atoms with Crippen LogP contribution >= 0.6 is 0 Å². The molecular weight excluding hydrogens is 282 g/mol. The lowest BCUT2D eigenvalue weighted by Crippen LogP contribution is -2.51. The van der Waals surface area contributed by atoms with E-state index in [2.05, 4.69) is 63.6 Å². The van der Waals surface area contributed by atoms with Crippen LogP contribution in [-0.2, 0) is 4.79 Å². The lowest BCUT2D eigenvalue weighted by Gasteiger charge is -2.52. The molecule has 0 aromatic heterocycles. The second-order valence-electron chi connectivity index (χ2n) is 8.03. The van der Waals surface area contributed by atoms with E-state index in [9.17, 15) is 9.90 Å². The Morgan fingerprint density at radius 2 is 1.80 bits per heavy atom. The molecule has 0 saturated carbocycles. The van der Waals surface area contributed by atoms with E-state index in [4.69, 9.17) is 5.73 Å². The molecule has 20 heavy (non-hydrogen) atoms. The minimum Gasteiger partial charge on any atom is -0.480 e. The molecule has 0 saturated heterocycles. The number of carboxylic acids is 1. The number of nitrogens with two attached hydrogens (primary N) is 1. The lowest BCUT2D eigenvalue weighted by atomic mass is 9.91. The Morgan fingerprint density at radius 1 is 1.25 bits per heavy atom. The van der Waals surface area contributed by atoms with Crippen molar-refractivity contribution in [1.82, 2.24) is 0 Å². The molecular formula is C15H29NO2Si2. The van der Waals surface area contributed by atoms with Gasteiger partial charge in [0, 0.05) is 0 Å². The van der Waals surface area contributed by atoms with Crippen LogP contribution in [0.2, 0.25) is 49.9 Å². The van der Waals surface area contributed by atoms with Crippen molar-refractivity contribution < 1.29 is 9.90 Å². The first-order valence-corrected chi connectivity index (χ1v) is 14.3. The molecule has 0 fully saturated rings. The first-order chi connectivity index (χ1) is 8.92. The van der Waals surface area contributed by atoms with Gasteiger partial charge in [0.05, 0.1) is 16.1 Å². The summed E-state index contributed by atoms with van der Waals surface area (Å²) in [4.78, 5) is 11.3. The standard InChI is InChI=1S/C15H29NO2Si2/c1-19(2,3)13-9-7-8-10-15(13,20(4,5)6)11-12(16)14(17)18/h7-10,12-13H,11,16H2,1-6H3,(H,17,18)/t12-,13?,15?/m0/s1. The smallest absolute Gasteiger partial charge is 0.320 e. The molecule has 0 spiro atoms. The van der Waals surface area contributed by atoms with E-state index in [0.717, 1.165) is 0 Å². The zero-order chi connectivity index (χ0) is 15.8. The molecule has 3 N–H and O–H groups in total. The fraction of sp³-hybridized carbons (Fsp3) is 0.667. The first kappa shape index (κ1) is 17.4. The van der Waals surface area contributed by atoms with Gasteiger partial charge >= 0.3 is 5.97 Å². The molecule has 0 heterocycles. The number of hydrogen-bond donors (Lipinski definition) is 2. The maximum Gasteiger partial charge on any atom is 0.320 e. The Morgan fingerprint density at radius 3 is 2.20 bits per heavy atom. The van der Waals surface area contributed by atoms with E-state index in [0.29, 0.717) is 12.0 Å². The Hall–Kier alpha value is -0.656. The number of carboxylic acid groups (broad SMARTS) is 1. The molecule has 114 valence electrons. The van der Waals surface area contributed by atoms with Crippen molar-refractivity contribution in [2.45, 2.75) is 62.3 Å². The van der Waals surface area contributed by atoms with Crippen LogP contribution in [0.3, 0.4) is 0 Å². The summed E-state index contributed by atoms with van der Waals surface area (Å²) in [6, 6.07) is -0.781. The molecule has 0 amide bonds. The quantitative estimate of drug-likeness (QED) is 0.761. The number of aliphatic carboxylic acids is 1. The summed E-state index contributed by atoms with van der Waals surface area (Å²) in [6.45, 7) is 14.1. The monoisotopic (exact) mass is 311 g/mol. The molecule has 5 heteroatoms. The molecule has 1 aliphatic rings. The van der Waals surface area contributed by atoms with Gasteiger partial charge in [0.15, 0.2) is 0 Å². The van der Waals surface area contributed by atoms with Gasteiger partial charge in [0.25, 0.3) is 0 Å². The Balaban J connectivity index is 3.33. The van der Waals surface area contributed by atoms with Crippen LogP contribution < -0.4 is 5.73 Å². The van der Waals surface area contributed by atoms with Crippen LogP contribution in [0.5, 0.6) is 0 Å². The zero-order valence-electron chi connectivity index (χ0n) is 13.6. The van der Waals surface area contributed by atoms with E-state index in [1.54, 1.807) is 0 Å². The van der Waals surface area contributed by atoms with Crippen molar-refractivity contribution in [2.24, 2.45) is 5.73 Å². The zero-order valence-corrected chi connectivity index (χ0v) is 15.6. The lowest BCUT2D eigenvalue weighted by molar-refractivity contribution is -0.138. The fourth-order valence-corrected chi connectivity index (χ4v) is 10.9. The van der Waals surface area contributed by atoms with E-state index in [1.165, 1.54) is 0 Å². The Labute approximate surface area is 125 Å². The highest BCUT2D eigenvalue weighted by Crippen LogP contribution is 2.59. The van der Waals surface area contributed by atoms with Crippen LogP contribution in [0.15, 0.2) is 24.3 Å². The molecule has 3 nitrogen and oxygen atoms in total. The Kier molecular flexibility index (Phi) is 4.89. The highest BCUT2D eigenvalue weighted by atomic mass is 28.3. The van der Waals surface area contributed by atoms with Gasteiger partial charge in [-0.05, 0) is 17.0 Å². The molecule has 2 unspecified atom stereocenters. The predicted molar refractivity (Wildman–Crippen MR) is 91.6 cm³/mol. The summed E-state index contributed by atoms with van der Waals surface area (Å²) in [6.07, 6.45) is 9.33. The van der Waals surface area contributed by atoms with Crippen LogP contribution in [0.4, 0.5) is 0 Å². The summed E-state index contributed by atoms with van der Waals surface area (Å²) in [5, 5.41) is 9.19. The third-order valence-corrected chi connectivity index (χ3v) is 10.9. The van der Waals surface area contributed by atoms with E-state index >= 15 is 0 Å². The molecule has 0 aliphatic heterocycles. The van der Waals surface area contributed by atoms with Gasteiger partial charge < -0.3 is 10.8 Å². The minimum absolute atomic E-state index is 0.0516. The third-order valence-electron chi connectivity index (χ3n) is 4.57. The van der Waals surface area contributed by atoms with E-state index in [1.807, 2.05) is 0 Å². The minimum atomic E-state index is -1.63. The van der Waals surface area contributed by atoms with Gasteiger partial charge in [-0.25, -0.2) is 0 Å². The van der Waals surface area contributed by atoms with Gasteiger partial charge in [0.2, 0.25) is 0 Å². The summed E-state index contributed by atoms with van der Waals surface area (Å²) >= 11 is 0. The molecule has 3 atom stereocenters. The summed E-state index contributed by atoms with van der Waals surface area (Å²) < 4.78 is 0. The Bertz CT molecular complexity index is 432. The highest BCUT2D eigenvalue weighted by molar-refractivity contribution is 6.85. The average molecular weight is 312 g/mol. The topological polar surface area (TPSA) is 63.3 Å². The summed E-state index contributed by atoms with van der Waals surface area (Å²) in [5.41, 5.74) is 6.37.